The summed E-state index contributed by atoms with van der Waals surface area (Å²) in [5.74, 6) is 1.29. The number of carbonyl (C=O) groups excluding carboxylic acids is 1. The van der Waals surface area contributed by atoms with E-state index in [1.807, 2.05) is 41.2 Å². The Morgan fingerprint density at radius 3 is 2.69 bits per heavy atom. The molecule has 0 spiro atoms. The quantitative estimate of drug-likeness (QED) is 0.727. The largest absolute Gasteiger partial charge is 0.454 e. The Bertz CT molecular complexity index is 964. The molecule has 2 aromatic carbocycles. The van der Waals surface area contributed by atoms with Gasteiger partial charge in [-0.1, -0.05) is 35.5 Å². The van der Waals surface area contributed by atoms with Crippen LogP contribution in [0, 0.1) is 0 Å². The summed E-state index contributed by atoms with van der Waals surface area (Å²) in [6.07, 6.45) is 1.93. The Labute approximate surface area is 149 Å². The van der Waals surface area contributed by atoms with E-state index < -0.39 is 0 Å². The van der Waals surface area contributed by atoms with Gasteiger partial charge >= 0.3 is 0 Å². The van der Waals surface area contributed by atoms with Gasteiger partial charge in [-0.3, -0.25) is 4.79 Å². The first-order chi connectivity index (χ1) is 12.8. The number of carbonyl (C=O) groups is 1. The number of amides is 1. The molecule has 0 radical (unpaired) electrons. The van der Waals surface area contributed by atoms with Gasteiger partial charge in [0.05, 0.1) is 12.2 Å². The molecule has 1 aromatic heterocycles. The van der Waals surface area contributed by atoms with Gasteiger partial charge in [0.25, 0.3) is 5.91 Å². The van der Waals surface area contributed by atoms with E-state index >= 15 is 0 Å². The molecule has 3 aromatic rings. The van der Waals surface area contributed by atoms with Crippen LogP contribution in [0.3, 0.4) is 0 Å². The average molecular weight is 348 g/mol. The van der Waals surface area contributed by atoms with Crippen LogP contribution in [-0.4, -0.2) is 45.7 Å². The van der Waals surface area contributed by atoms with Gasteiger partial charge in [-0.25, -0.2) is 4.68 Å². The molecule has 0 N–H and O–H groups in total. The fraction of sp³-hybridized carbons (Fsp3) is 0.211. The van der Waals surface area contributed by atoms with Gasteiger partial charge < -0.3 is 14.4 Å². The third-order valence-corrected chi connectivity index (χ3v) is 4.72. The fourth-order valence-electron chi connectivity index (χ4n) is 3.20. The third kappa shape index (κ3) is 2.48. The molecule has 2 aliphatic heterocycles. The Kier molecular flexibility index (Phi) is 3.38. The van der Waals surface area contributed by atoms with Gasteiger partial charge in [-0.05, 0) is 18.2 Å². The molecule has 26 heavy (non-hydrogen) atoms. The SMILES string of the molecule is O=C(c1ccc2c(c1)OCO2)N1CC(n2cc(-c3ccccc3)nn2)C1. The van der Waals surface area contributed by atoms with Crippen LogP contribution in [0.5, 0.6) is 11.5 Å². The smallest absolute Gasteiger partial charge is 0.254 e. The highest BCUT2D eigenvalue weighted by Gasteiger charge is 2.34. The van der Waals surface area contributed by atoms with Crippen molar-refractivity contribution in [2.75, 3.05) is 19.9 Å². The summed E-state index contributed by atoms with van der Waals surface area (Å²) in [5, 5.41) is 8.46. The zero-order valence-electron chi connectivity index (χ0n) is 13.9. The number of ether oxygens (including phenoxy) is 2. The van der Waals surface area contributed by atoms with Crippen LogP contribution in [0.2, 0.25) is 0 Å². The second-order valence-corrected chi connectivity index (χ2v) is 6.38. The third-order valence-electron chi connectivity index (χ3n) is 4.72. The Morgan fingerprint density at radius 2 is 1.85 bits per heavy atom. The molecule has 0 atom stereocenters. The molecular weight excluding hydrogens is 332 g/mol. The average Bonchev–Trinajstić information content (AvgIpc) is 3.30. The van der Waals surface area contributed by atoms with Crippen molar-refractivity contribution < 1.29 is 14.3 Å². The number of rotatable bonds is 3. The van der Waals surface area contributed by atoms with Gasteiger partial charge in [0.15, 0.2) is 11.5 Å². The Hall–Kier alpha value is -3.35. The molecule has 0 aliphatic carbocycles. The minimum Gasteiger partial charge on any atom is -0.454 e. The van der Waals surface area contributed by atoms with Crippen LogP contribution < -0.4 is 9.47 Å². The number of benzene rings is 2. The van der Waals surface area contributed by atoms with E-state index in [0.29, 0.717) is 30.2 Å². The van der Waals surface area contributed by atoms with E-state index in [0.717, 1.165) is 11.3 Å². The number of hydrogen-bond acceptors (Lipinski definition) is 5. The maximum Gasteiger partial charge on any atom is 0.254 e. The van der Waals surface area contributed by atoms with Gasteiger partial charge in [0, 0.05) is 24.2 Å². The summed E-state index contributed by atoms with van der Waals surface area (Å²) in [6.45, 7) is 1.44. The van der Waals surface area contributed by atoms with E-state index in [1.54, 1.807) is 23.1 Å². The number of aromatic nitrogens is 3. The predicted molar refractivity (Wildman–Crippen MR) is 93.0 cm³/mol. The van der Waals surface area contributed by atoms with Crippen LogP contribution in [0.15, 0.2) is 54.7 Å². The van der Waals surface area contributed by atoms with Crippen LogP contribution >= 0.6 is 0 Å². The molecule has 7 heteroatoms. The van der Waals surface area contributed by atoms with Crippen molar-refractivity contribution in [3.63, 3.8) is 0 Å². The summed E-state index contributed by atoms with van der Waals surface area (Å²) < 4.78 is 12.5. The highest BCUT2D eigenvalue weighted by molar-refractivity contribution is 5.95. The van der Waals surface area contributed by atoms with E-state index in [-0.39, 0.29) is 18.7 Å². The lowest BCUT2D eigenvalue weighted by Gasteiger charge is -2.38. The maximum absolute atomic E-state index is 12.6. The van der Waals surface area contributed by atoms with Crippen molar-refractivity contribution >= 4 is 5.91 Å². The zero-order valence-corrected chi connectivity index (χ0v) is 13.9. The van der Waals surface area contributed by atoms with Gasteiger partial charge in [-0.2, -0.15) is 0 Å². The number of likely N-dealkylation sites (tertiary alicyclic amines) is 1. The standard InChI is InChI=1S/C19H16N4O3/c24-19(14-6-7-17-18(8-14)26-12-25-17)22-9-15(10-22)23-11-16(20-21-23)13-4-2-1-3-5-13/h1-8,11,15H,9-10,12H2. The molecule has 1 fully saturated rings. The molecule has 1 amide bonds. The minimum atomic E-state index is -0.0112. The summed E-state index contributed by atoms with van der Waals surface area (Å²) in [5.41, 5.74) is 2.48. The summed E-state index contributed by atoms with van der Waals surface area (Å²) >= 11 is 0. The molecule has 5 rings (SSSR count). The van der Waals surface area contributed by atoms with Crippen molar-refractivity contribution in [1.82, 2.24) is 19.9 Å². The highest BCUT2D eigenvalue weighted by Crippen LogP contribution is 2.33. The molecule has 0 bridgehead atoms. The van der Waals surface area contributed by atoms with Gasteiger partial charge in [-0.15, -0.1) is 5.10 Å². The Balaban J connectivity index is 1.26. The molecule has 130 valence electrons. The molecular formula is C19H16N4O3. The molecule has 3 heterocycles. The highest BCUT2D eigenvalue weighted by atomic mass is 16.7. The van der Waals surface area contributed by atoms with E-state index in [4.69, 9.17) is 9.47 Å². The van der Waals surface area contributed by atoms with E-state index in [9.17, 15) is 4.79 Å². The summed E-state index contributed by atoms with van der Waals surface area (Å²) in [6, 6.07) is 15.4. The predicted octanol–water partition coefficient (Wildman–Crippen LogP) is 2.37. The lowest BCUT2D eigenvalue weighted by atomic mass is 10.1. The second-order valence-electron chi connectivity index (χ2n) is 6.38. The van der Waals surface area contributed by atoms with Crippen LogP contribution in [0.25, 0.3) is 11.3 Å². The molecule has 0 unspecified atom stereocenters. The minimum absolute atomic E-state index is 0.0112. The van der Waals surface area contributed by atoms with Gasteiger partial charge in [0.1, 0.15) is 5.69 Å². The zero-order chi connectivity index (χ0) is 17.5. The van der Waals surface area contributed by atoms with Crippen molar-refractivity contribution in [3.05, 3.63) is 60.3 Å². The van der Waals surface area contributed by atoms with E-state index in [2.05, 4.69) is 10.3 Å². The van der Waals surface area contributed by atoms with Crippen LogP contribution in [-0.2, 0) is 0 Å². The van der Waals surface area contributed by atoms with Crippen molar-refractivity contribution in [2.45, 2.75) is 6.04 Å². The first kappa shape index (κ1) is 14.9. The molecule has 0 saturated carbocycles. The van der Waals surface area contributed by atoms with Crippen LogP contribution in [0.4, 0.5) is 0 Å². The normalized spacial score (nSPS) is 15.8. The maximum atomic E-state index is 12.6. The molecule has 1 saturated heterocycles. The number of hydrogen-bond donors (Lipinski definition) is 0. The second kappa shape index (κ2) is 5.87. The van der Waals surface area contributed by atoms with Crippen molar-refractivity contribution in [1.29, 1.82) is 0 Å². The summed E-state index contributed by atoms with van der Waals surface area (Å²) in [7, 11) is 0. The van der Waals surface area contributed by atoms with Gasteiger partial charge in [0.2, 0.25) is 6.79 Å². The van der Waals surface area contributed by atoms with Crippen molar-refractivity contribution in [3.8, 4) is 22.8 Å². The lowest BCUT2D eigenvalue weighted by molar-refractivity contribution is 0.0498. The first-order valence-electron chi connectivity index (χ1n) is 8.44. The fourth-order valence-corrected chi connectivity index (χ4v) is 3.20. The monoisotopic (exact) mass is 348 g/mol. The summed E-state index contributed by atoms with van der Waals surface area (Å²) in [4.78, 5) is 14.4. The van der Waals surface area contributed by atoms with Crippen molar-refractivity contribution in [2.24, 2.45) is 0 Å². The number of nitrogens with zero attached hydrogens (tertiary/aromatic N) is 4. The molecule has 7 nitrogen and oxygen atoms in total. The molecule has 2 aliphatic rings. The first-order valence-corrected chi connectivity index (χ1v) is 8.44. The topological polar surface area (TPSA) is 69.5 Å². The van der Waals surface area contributed by atoms with Crippen LogP contribution in [0.1, 0.15) is 16.4 Å². The van der Waals surface area contributed by atoms with E-state index in [1.165, 1.54) is 0 Å². The lowest BCUT2D eigenvalue weighted by Crippen LogP contribution is -2.50. The number of fused-ring (bicyclic) bond motifs is 1. The Morgan fingerprint density at radius 1 is 1.04 bits per heavy atom.